The van der Waals surface area contributed by atoms with E-state index in [9.17, 15) is 4.79 Å². The molecule has 0 bridgehead atoms. The fourth-order valence-corrected chi connectivity index (χ4v) is 1.82. The van der Waals surface area contributed by atoms with Crippen LogP contribution >= 0.6 is 11.8 Å². The third-order valence-electron chi connectivity index (χ3n) is 1.85. The van der Waals surface area contributed by atoms with Crippen LogP contribution in [0.4, 0.5) is 4.79 Å². The Labute approximate surface area is 83.8 Å². The lowest BCUT2D eigenvalue weighted by Crippen LogP contribution is -2.47. The minimum absolute atomic E-state index is 0.210. The van der Waals surface area contributed by atoms with Gasteiger partial charge in [-0.15, -0.1) is 0 Å². The van der Waals surface area contributed by atoms with Gasteiger partial charge in [-0.1, -0.05) is 0 Å². The lowest BCUT2D eigenvalue weighted by Gasteiger charge is -2.35. The van der Waals surface area contributed by atoms with Crippen molar-refractivity contribution in [1.82, 2.24) is 4.90 Å². The van der Waals surface area contributed by atoms with E-state index < -0.39 is 0 Å². The van der Waals surface area contributed by atoms with Crippen molar-refractivity contribution in [2.24, 2.45) is 0 Å². The monoisotopic (exact) mass is 203 g/mol. The first-order chi connectivity index (χ1) is 5.90. The Morgan fingerprint density at radius 1 is 1.46 bits per heavy atom. The highest BCUT2D eigenvalue weighted by Gasteiger charge is 2.29. The molecule has 13 heavy (non-hydrogen) atoms. The topological polar surface area (TPSA) is 29.5 Å². The maximum atomic E-state index is 11.5. The first kappa shape index (κ1) is 10.7. The Hall–Kier alpha value is -0.380. The van der Waals surface area contributed by atoms with Gasteiger partial charge in [0.05, 0.1) is 6.04 Å². The average Bonchev–Trinajstić information content (AvgIpc) is 1.78. The molecule has 76 valence electrons. The van der Waals surface area contributed by atoms with E-state index in [1.165, 1.54) is 0 Å². The van der Waals surface area contributed by atoms with Gasteiger partial charge in [-0.3, -0.25) is 0 Å². The maximum Gasteiger partial charge on any atom is 0.410 e. The molecule has 1 rings (SSSR count). The van der Waals surface area contributed by atoms with E-state index in [1.54, 1.807) is 11.9 Å². The van der Waals surface area contributed by atoms with E-state index in [-0.39, 0.29) is 11.7 Å². The van der Waals surface area contributed by atoms with Crippen LogP contribution < -0.4 is 0 Å². The van der Waals surface area contributed by atoms with Crippen LogP contribution in [0.2, 0.25) is 0 Å². The van der Waals surface area contributed by atoms with Crippen LogP contribution in [0.15, 0.2) is 0 Å². The number of hydrogen-bond acceptors (Lipinski definition) is 3. The van der Waals surface area contributed by atoms with Gasteiger partial charge >= 0.3 is 6.09 Å². The molecule has 0 saturated carbocycles. The normalized spacial score (nSPS) is 17.8. The molecule has 0 aliphatic carbocycles. The molecule has 1 aliphatic heterocycles. The third kappa shape index (κ3) is 3.10. The first-order valence-electron chi connectivity index (χ1n) is 4.44. The zero-order valence-electron chi connectivity index (χ0n) is 8.66. The summed E-state index contributed by atoms with van der Waals surface area (Å²) in [5.41, 5.74) is -0.387. The lowest BCUT2D eigenvalue weighted by molar-refractivity contribution is 0.0248. The highest BCUT2D eigenvalue weighted by molar-refractivity contribution is 8.00. The number of rotatable bonds is 1. The summed E-state index contributed by atoms with van der Waals surface area (Å²) in [7, 11) is 1.80. The van der Waals surface area contributed by atoms with Gasteiger partial charge in [-0.25, -0.2) is 4.79 Å². The molecular formula is C9H17NO2S. The summed E-state index contributed by atoms with van der Waals surface area (Å²) in [4.78, 5) is 13.2. The Morgan fingerprint density at radius 2 is 2.00 bits per heavy atom. The Bertz CT molecular complexity index is 196. The van der Waals surface area contributed by atoms with Gasteiger partial charge in [0.25, 0.3) is 0 Å². The number of amides is 1. The van der Waals surface area contributed by atoms with E-state index in [2.05, 4.69) is 0 Å². The van der Waals surface area contributed by atoms with Crippen molar-refractivity contribution in [3.05, 3.63) is 0 Å². The standard InChI is InChI=1S/C9H17NO2S/c1-9(2,3)12-8(11)10(4)7-5-13-6-7/h7H,5-6H2,1-4H3. The zero-order chi connectivity index (χ0) is 10.1. The van der Waals surface area contributed by atoms with Gasteiger partial charge in [0.2, 0.25) is 0 Å². The molecule has 0 aromatic heterocycles. The smallest absolute Gasteiger partial charge is 0.410 e. The zero-order valence-corrected chi connectivity index (χ0v) is 9.48. The van der Waals surface area contributed by atoms with Crippen LogP contribution in [0.3, 0.4) is 0 Å². The van der Waals surface area contributed by atoms with Crippen molar-refractivity contribution in [3.63, 3.8) is 0 Å². The maximum absolute atomic E-state index is 11.5. The summed E-state index contributed by atoms with van der Waals surface area (Å²) in [5, 5.41) is 0. The van der Waals surface area contributed by atoms with Crippen LogP contribution in [-0.4, -0.2) is 41.2 Å². The van der Waals surface area contributed by atoms with Crippen molar-refractivity contribution in [3.8, 4) is 0 Å². The minimum Gasteiger partial charge on any atom is -0.444 e. The number of hydrogen-bond donors (Lipinski definition) is 0. The SMILES string of the molecule is CN(C(=O)OC(C)(C)C)C1CSC1. The third-order valence-corrected chi connectivity index (χ3v) is 3.09. The molecule has 0 spiro atoms. The van der Waals surface area contributed by atoms with Crippen molar-refractivity contribution < 1.29 is 9.53 Å². The van der Waals surface area contributed by atoms with E-state index >= 15 is 0 Å². The molecule has 4 heteroatoms. The van der Waals surface area contributed by atoms with Gasteiger partial charge in [-0.2, -0.15) is 11.8 Å². The fourth-order valence-electron chi connectivity index (χ4n) is 0.930. The van der Waals surface area contributed by atoms with Crippen molar-refractivity contribution in [1.29, 1.82) is 0 Å². The second-order valence-corrected chi connectivity index (χ2v) is 5.36. The van der Waals surface area contributed by atoms with Gasteiger partial charge in [0, 0.05) is 18.6 Å². The molecule has 0 radical (unpaired) electrons. The fraction of sp³-hybridized carbons (Fsp3) is 0.889. The molecule has 1 heterocycles. The Balaban J connectivity index is 2.38. The molecule has 1 aliphatic rings. The first-order valence-corrected chi connectivity index (χ1v) is 5.59. The predicted molar refractivity (Wildman–Crippen MR) is 55.1 cm³/mol. The number of nitrogens with zero attached hydrogens (tertiary/aromatic N) is 1. The van der Waals surface area contributed by atoms with Crippen molar-refractivity contribution in [2.75, 3.05) is 18.6 Å². The molecular weight excluding hydrogens is 186 g/mol. The van der Waals surface area contributed by atoms with Crippen molar-refractivity contribution in [2.45, 2.75) is 32.4 Å². The molecule has 0 atom stereocenters. The molecule has 1 saturated heterocycles. The second kappa shape index (κ2) is 3.78. The summed E-state index contributed by atoms with van der Waals surface area (Å²) in [6.07, 6.45) is -0.210. The Morgan fingerprint density at radius 3 is 2.31 bits per heavy atom. The van der Waals surface area contributed by atoms with E-state index in [0.29, 0.717) is 6.04 Å². The molecule has 0 unspecified atom stereocenters. The summed E-state index contributed by atoms with van der Waals surface area (Å²) in [5.74, 6) is 2.07. The van der Waals surface area contributed by atoms with Gasteiger partial charge in [-0.05, 0) is 20.8 Å². The molecule has 0 aromatic carbocycles. The molecule has 1 amide bonds. The van der Waals surface area contributed by atoms with E-state index in [1.807, 2.05) is 32.5 Å². The summed E-state index contributed by atoms with van der Waals surface area (Å²) >= 11 is 1.86. The highest BCUT2D eigenvalue weighted by atomic mass is 32.2. The largest absolute Gasteiger partial charge is 0.444 e. The van der Waals surface area contributed by atoms with Crippen LogP contribution in [0.1, 0.15) is 20.8 Å². The summed E-state index contributed by atoms with van der Waals surface area (Å²) < 4.78 is 5.23. The average molecular weight is 203 g/mol. The Kier molecular flexibility index (Phi) is 3.11. The van der Waals surface area contributed by atoms with Crippen LogP contribution in [0.25, 0.3) is 0 Å². The quantitative estimate of drug-likeness (QED) is 0.652. The van der Waals surface area contributed by atoms with Gasteiger partial charge in [0.15, 0.2) is 0 Å². The summed E-state index contributed by atoms with van der Waals surface area (Å²) in [6.45, 7) is 5.65. The summed E-state index contributed by atoms with van der Waals surface area (Å²) in [6, 6.07) is 0.375. The van der Waals surface area contributed by atoms with Crippen molar-refractivity contribution >= 4 is 17.9 Å². The molecule has 1 fully saturated rings. The van der Waals surface area contributed by atoms with Crippen LogP contribution in [0, 0.1) is 0 Å². The van der Waals surface area contributed by atoms with E-state index in [4.69, 9.17) is 4.74 Å². The second-order valence-electron chi connectivity index (χ2n) is 4.28. The number of ether oxygens (including phenoxy) is 1. The van der Waals surface area contributed by atoms with Gasteiger partial charge in [0.1, 0.15) is 5.60 Å². The predicted octanol–water partition coefficient (Wildman–Crippen LogP) is 1.97. The number of carbonyl (C=O) groups excluding carboxylic acids is 1. The molecule has 3 nitrogen and oxygen atoms in total. The van der Waals surface area contributed by atoms with Crippen LogP contribution in [-0.2, 0) is 4.74 Å². The number of thioether (sulfide) groups is 1. The molecule has 0 aromatic rings. The van der Waals surface area contributed by atoms with Crippen LogP contribution in [0.5, 0.6) is 0 Å². The van der Waals surface area contributed by atoms with Gasteiger partial charge < -0.3 is 9.64 Å². The highest BCUT2D eigenvalue weighted by Crippen LogP contribution is 2.23. The van der Waals surface area contributed by atoms with E-state index in [0.717, 1.165) is 11.5 Å². The molecule has 0 N–H and O–H groups in total. The number of carbonyl (C=O) groups is 1. The lowest BCUT2D eigenvalue weighted by atomic mass is 10.2. The minimum atomic E-state index is -0.387.